The van der Waals surface area contributed by atoms with Gasteiger partial charge < -0.3 is 10.6 Å². The first-order chi connectivity index (χ1) is 11.8. The molecule has 1 aromatic heterocycles. The Morgan fingerprint density at radius 2 is 1.71 bits per heavy atom. The Hall–Kier alpha value is -3.08. The minimum atomic E-state index is 0.698. The van der Waals surface area contributed by atoms with Gasteiger partial charge in [-0.3, -0.25) is 4.99 Å². The lowest BCUT2D eigenvalue weighted by atomic mass is 10.2. The van der Waals surface area contributed by atoms with Crippen molar-refractivity contribution >= 4 is 5.96 Å². The maximum atomic E-state index is 4.27. The van der Waals surface area contributed by atoms with Gasteiger partial charge in [0, 0.05) is 32.5 Å². The van der Waals surface area contributed by atoms with Crippen molar-refractivity contribution in [3.63, 3.8) is 0 Å². The third-order valence-electron chi connectivity index (χ3n) is 3.67. The Balaban J connectivity index is 1.57. The van der Waals surface area contributed by atoms with E-state index in [1.54, 1.807) is 13.2 Å². The van der Waals surface area contributed by atoms with Gasteiger partial charge in [0.05, 0.1) is 5.69 Å². The molecule has 0 bridgehead atoms. The van der Waals surface area contributed by atoms with Crippen LogP contribution in [-0.4, -0.2) is 22.8 Å². The quantitative estimate of drug-likeness (QED) is 0.561. The summed E-state index contributed by atoms with van der Waals surface area (Å²) in [5, 5.41) is 10.9. The van der Waals surface area contributed by atoms with Gasteiger partial charge >= 0.3 is 0 Å². The number of hydrogen-bond acceptors (Lipinski definition) is 2. The fraction of sp³-hybridized carbons (Fsp3) is 0.158. The minimum absolute atomic E-state index is 0.698. The third-order valence-corrected chi connectivity index (χ3v) is 3.67. The van der Waals surface area contributed by atoms with Gasteiger partial charge in [0.15, 0.2) is 5.96 Å². The van der Waals surface area contributed by atoms with Crippen molar-refractivity contribution in [2.75, 3.05) is 7.05 Å². The molecular formula is C19H21N5. The molecule has 0 spiro atoms. The fourth-order valence-electron chi connectivity index (χ4n) is 2.42. The zero-order chi connectivity index (χ0) is 16.6. The summed E-state index contributed by atoms with van der Waals surface area (Å²) in [6.45, 7) is 1.44. The zero-order valence-corrected chi connectivity index (χ0v) is 13.7. The lowest BCUT2D eigenvalue weighted by molar-refractivity contribution is 0.806. The van der Waals surface area contributed by atoms with Crippen LogP contribution in [0, 0.1) is 0 Å². The smallest absolute Gasteiger partial charge is 0.191 e. The molecule has 2 N–H and O–H groups in total. The lowest BCUT2D eigenvalue weighted by Gasteiger charge is -2.12. The van der Waals surface area contributed by atoms with Crippen molar-refractivity contribution in [3.8, 4) is 5.69 Å². The highest BCUT2D eigenvalue weighted by Gasteiger charge is 2.01. The molecule has 0 atom stereocenters. The summed E-state index contributed by atoms with van der Waals surface area (Å²) < 4.78 is 1.85. The van der Waals surface area contributed by atoms with E-state index in [1.807, 2.05) is 47.3 Å². The van der Waals surface area contributed by atoms with Gasteiger partial charge in [0.25, 0.3) is 0 Å². The van der Waals surface area contributed by atoms with Crippen LogP contribution in [0.5, 0.6) is 0 Å². The Morgan fingerprint density at radius 1 is 0.958 bits per heavy atom. The molecule has 0 radical (unpaired) electrons. The van der Waals surface area contributed by atoms with Crippen LogP contribution in [0.25, 0.3) is 5.69 Å². The first kappa shape index (κ1) is 15.8. The van der Waals surface area contributed by atoms with Crippen molar-refractivity contribution in [1.29, 1.82) is 0 Å². The van der Waals surface area contributed by atoms with Gasteiger partial charge in [0.1, 0.15) is 0 Å². The minimum Gasteiger partial charge on any atom is -0.352 e. The maximum absolute atomic E-state index is 4.27. The molecule has 122 valence electrons. The molecule has 2 aromatic carbocycles. The second-order valence-corrected chi connectivity index (χ2v) is 5.39. The van der Waals surface area contributed by atoms with Gasteiger partial charge in [-0.1, -0.05) is 42.5 Å². The predicted molar refractivity (Wildman–Crippen MR) is 97.0 cm³/mol. The maximum Gasteiger partial charge on any atom is 0.191 e. The second-order valence-electron chi connectivity index (χ2n) is 5.39. The first-order valence-corrected chi connectivity index (χ1v) is 7.92. The Morgan fingerprint density at radius 3 is 2.42 bits per heavy atom. The van der Waals surface area contributed by atoms with E-state index in [9.17, 15) is 0 Å². The molecule has 0 saturated heterocycles. The molecule has 0 aliphatic rings. The van der Waals surface area contributed by atoms with Crippen molar-refractivity contribution in [2.24, 2.45) is 4.99 Å². The molecule has 0 aliphatic carbocycles. The summed E-state index contributed by atoms with van der Waals surface area (Å²) in [4.78, 5) is 4.27. The van der Waals surface area contributed by atoms with Gasteiger partial charge in [-0.2, -0.15) is 5.10 Å². The van der Waals surface area contributed by atoms with Gasteiger partial charge in [-0.05, 0) is 29.3 Å². The number of nitrogens with one attached hydrogen (secondary N) is 2. The van der Waals surface area contributed by atoms with Gasteiger partial charge in [0.2, 0.25) is 0 Å². The number of hydrogen-bond donors (Lipinski definition) is 2. The van der Waals surface area contributed by atoms with E-state index in [-0.39, 0.29) is 0 Å². The lowest BCUT2D eigenvalue weighted by Crippen LogP contribution is -2.36. The van der Waals surface area contributed by atoms with Gasteiger partial charge in [-0.25, -0.2) is 4.68 Å². The molecular weight excluding hydrogens is 298 g/mol. The van der Waals surface area contributed by atoms with Crippen molar-refractivity contribution in [1.82, 2.24) is 20.4 Å². The molecule has 3 aromatic rings. The highest BCUT2D eigenvalue weighted by atomic mass is 15.3. The number of aliphatic imine (C=N–C) groups is 1. The molecule has 0 saturated carbocycles. The molecule has 24 heavy (non-hydrogen) atoms. The monoisotopic (exact) mass is 319 g/mol. The normalized spacial score (nSPS) is 11.3. The summed E-state index contributed by atoms with van der Waals surface area (Å²) in [6, 6.07) is 20.5. The summed E-state index contributed by atoms with van der Waals surface area (Å²) in [7, 11) is 1.78. The molecule has 0 fully saturated rings. The van der Waals surface area contributed by atoms with Crippen LogP contribution in [0.1, 0.15) is 11.1 Å². The second kappa shape index (κ2) is 7.97. The Labute approximate surface area is 142 Å². The predicted octanol–water partition coefficient (Wildman–Crippen LogP) is 2.74. The number of benzene rings is 2. The Kier molecular flexibility index (Phi) is 5.24. The van der Waals surface area contributed by atoms with Crippen LogP contribution >= 0.6 is 0 Å². The molecule has 0 unspecified atom stereocenters. The van der Waals surface area contributed by atoms with E-state index < -0.39 is 0 Å². The van der Waals surface area contributed by atoms with Crippen LogP contribution in [-0.2, 0) is 13.1 Å². The number of aromatic nitrogens is 2. The number of guanidine groups is 1. The fourth-order valence-corrected chi connectivity index (χ4v) is 2.42. The highest BCUT2D eigenvalue weighted by molar-refractivity contribution is 5.79. The molecule has 5 nitrogen and oxygen atoms in total. The van der Waals surface area contributed by atoms with E-state index in [4.69, 9.17) is 0 Å². The van der Waals surface area contributed by atoms with E-state index in [0.29, 0.717) is 6.54 Å². The van der Waals surface area contributed by atoms with Crippen molar-refractivity contribution in [3.05, 3.63) is 84.2 Å². The first-order valence-electron chi connectivity index (χ1n) is 7.92. The largest absolute Gasteiger partial charge is 0.352 e. The standard InChI is InChI=1S/C19H21N5/c1-20-19(21-14-16-7-3-2-4-8-16)22-15-17-9-5-10-18(13-17)24-12-6-11-23-24/h2-13H,14-15H2,1H3,(H2,20,21,22). The average Bonchev–Trinajstić information content (AvgIpc) is 3.18. The number of nitrogens with zero attached hydrogens (tertiary/aromatic N) is 3. The van der Waals surface area contributed by atoms with E-state index in [2.05, 4.69) is 45.0 Å². The zero-order valence-electron chi connectivity index (χ0n) is 13.7. The van der Waals surface area contributed by atoms with Crippen molar-refractivity contribution in [2.45, 2.75) is 13.1 Å². The van der Waals surface area contributed by atoms with E-state index in [1.165, 1.54) is 11.1 Å². The molecule has 0 amide bonds. The summed E-state index contributed by atoms with van der Waals surface area (Å²) in [5.41, 5.74) is 3.44. The summed E-state index contributed by atoms with van der Waals surface area (Å²) >= 11 is 0. The average molecular weight is 319 g/mol. The molecule has 5 heteroatoms. The molecule has 1 heterocycles. The number of rotatable bonds is 5. The highest BCUT2D eigenvalue weighted by Crippen LogP contribution is 2.09. The van der Waals surface area contributed by atoms with Crippen LogP contribution in [0.15, 0.2) is 78.0 Å². The summed E-state index contributed by atoms with van der Waals surface area (Å²) in [6.07, 6.45) is 3.72. The van der Waals surface area contributed by atoms with E-state index >= 15 is 0 Å². The van der Waals surface area contributed by atoms with E-state index in [0.717, 1.165) is 18.2 Å². The Bertz CT molecular complexity index is 779. The van der Waals surface area contributed by atoms with Crippen LogP contribution in [0.3, 0.4) is 0 Å². The third kappa shape index (κ3) is 4.23. The van der Waals surface area contributed by atoms with Crippen molar-refractivity contribution < 1.29 is 0 Å². The molecule has 3 rings (SSSR count). The molecule has 0 aliphatic heterocycles. The topological polar surface area (TPSA) is 54.2 Å². The van der Waals surface area contributed by atoms with Crippen LogP contribution in [0.2, 0.25) is 0 Å². The summed E-state index contributed by atoms with van der Waals surface area (Å²) in [5.74, 6) is 0.781. The van der Waals surface area contributed by atoms with Crippen LogP contribution in [0.4, 0.5) is 0 Å². The van der Waals surface area contributed by atoms with Crippen LogP contribution < -0.4 is 10.6 Å². The SMILES string of the molecule is CN=C(NCc1ccccc1)NCc1cccc(-n2cccn2)c1. The van der Waals surface area contributed by atoms with Gasteiger partial charge in [-0.15, -0.1) is 0 Å².